The quantitative estimate of drug-likeness (QED) is 0.425. The summed E-state index contributed by atoms with van der Waals surface area (Å²) >= 11 is 0. The van der Waals surface area contributed by atoms with Gasteiger partial charge in [-0.25, -0.2) is 19.5 Å². The van der Waals surface area contributed by atoms with Gasteiger partial charge in [0.15, 0.2) is 0 Å². The van der Waals surface area contributed by atoms with Crippen LogP contribution >= 0.6 is 0 Å². The second-order valence-corrected chi connectivity index (χ2v) is 10.1. The van der Waals surface area contributed by atoms with Crippen LogP contribution in [-0.2, 0) is 14.3 Å². The highest BCUT2D eigenvalue weighted by Crippen LogP contribution is 2.32. The number of hydrogen-bond donors (Lipinski definition) is 2. The molecule has 3 fully saturated rings. The van der Waals surface area contributed by atoms with Gasteiger partial charge >= 0.3 is 12.0 Å². The number of anilines is 1. The number of carbonyl (C=O) groups is 4. The van der Waals surface area contributed by atoms with E-state index in [2.05, 4.69) is 20.4 Å². The fraction of sp³-hybridized carbons (Fsp3) is 0.654. The number of aromatic nitrogens is 1. The predicted molar refractivity (Wildman–Crippen MR) is 130 cm³/mol. The largest absolute Gasteiger partial charge is 0.465 e. The highest BCUT2D eigenvalue weighted by molar-refractivity contribution is 6.09. The van der Waals surface area contributed by atoms with E-state index in [4.69, 9.17) is 0 Å². The second-order valence-electron chi connectivity index (χ2n) is 10.1. The monoisotopic (exact) mass is 484 g/mol. The second kappa shape index (κ2) is 11.6. The Morgan fingerprint density at radius 2 is 1.71 bits per heavy atom. The number of amides is 4. The number of urea groups is 1. The average Bonchev–Trinajstić information content (AvgIpc) is 3.16. The Morgan fingerprint density at radius 3 is 2.31 bits per heavy atom. The maximum Gasteiger partial charge on any atom is 0.339 e. The Bertz CT molecular complexity index is 922. The van der Waals surface area contributed by atoms with Gasteiger partial charge in [-0.1, -0.05) is 64.2 Å². The Morgan fingerprint density at radius 1 is 1.06 bits per heavy atom. The first-order valence-electron chi connectivity index (χ1n) is 12.9. The topological polar surface area (TPSA) is 118 Å². The van der Waals surface area contributed by atoms with Crippen LogP contribution in [0.15, 0.2) is 18.3 Å². The number of imide groups is 1. The molecule has 2 atom stereocenters. The van der Waals surface area contributed by atoms with Gasteiger partial charge < -0.3 is 15.4 Å². The number of ether oxygens (including phenoxy) is 1. The van der Waals surface area contributed by atoms with Gasteiger partial charge in [-0.15, -0.1) is 0 Å². The molecule has 3 aliphatic rings. The Labute approximate surface area is 206 Å². The third-order valence-corrected chi connectivity index (χ3v) is 7.68. The molecule has 0 radical (unpaired) electrons. The van der Waals surface area contributed by atoms with Crippen molar-refractivity contribution >= 4 is 29.6 Å². The van der Waals surface area contributed by atoms with Gasteiger partial charge in [0.25, 0.3) is 5.91 Å². The van der Waals surface area contributed by atoms with Gasteiger partial charge in [0.1, 0.15) is 17.9 Å². The number of pyridine rings is 1. The zero-order valence-electron chi connectivity index (χ0n) is 20.5. The standard InChI is InChI=1S/C26H36N4O5/c1-35-25(33)19-12-13-22(27-16-19)29-23(31)21(15-18-10-6-3-7-11-18)30-24(32)20(28-26(30)34)14-17-8-4-2-5-9-17/h12-13,16-18,20-21H,2-11,14-15H2,1H3,(H,28,34)(H,27,29,31)/t20-,21-/m0/s1. The molecule has 4 amide bonds. The van der Waals surface area contributed by atoms with E-state index < -0.39 is 30.0 Å². The molecule has 9 nitrogen and oxygen atoms in total. The summed E-state index contributed by atoms with van der Waals surface area (Å²) in [4.78, 5) is 56.7. The number of methoxy groups -OCH3 is 1. The van der Waals surface area contributed by atoms with Crippen molar-refractivity contribution in [3.05, 3.63) is 23.9 Å². The summed E-state index contributed by atoms with van der Waals surface area (Å²) in [5.41, 5.74) is 0.268. The number of nitrogens with one attached hydrogen (secondary N) is 2. The molecule has 4 rings (SSSR count). The van der Waals surface area contributed by atoms with Crippen molar-refractivity contribution in [3.8, 4) is 0 Å². The van der Waals surface area contributed by atoms with E-state index in [1.54, 1.807) is 0 Å². The zero-order chi connectivity index (χ0) is 24.8. The van der Waals surface area contributed by atoms with Crippen molar-refractivity contribution in [3.63, 3.8) is 0 Å². The average molecular weight is 485 g/mol. The first kappa shape index (κ1) is 25.1. The molecular formula is C26H36N4O5. The molecule has 2 aliphatic carbocycles. The molecule has 1 aromatic heterocycles. The van der Waals surface area contributed by atoms with Gasteiger partial charge in [-0.3, -0.25) is 9.59 Å². The maximum atomic E-state index is 13.4. The summed E-state index contributed by atoms with van der Waals surface area (Å²) in [6.45, 7) is 0. The van der Waals surface area contributed by atoms with Crippen LogP contribution < -0.4 is 10.6 Å². The van der Waals surface area contributed by atoms with Crippen LogP contribution in [0.4, 0.5) is 10.6 Å². The summed E-state index contributed by atoms with van der Waals surface area (Å²) in [5.74, 6) is -0.287. The van der Waals surface area contributed by atoms with Crippen molar-refractivity contribution < 1.29 is 23.9 Å². The minimum absolute atomic E-state index is 0.252. The number of carbonyl (C=O) groups excluding carboxylic acids is 4. The maximum absolute atomic E-state index is 13.4. The third-order valence-electron chi connectivity index (χ3n) is 7.68. The smallest absolute Gasteiger partial charge is 0.339 e. The van der Waals surface area contributed by atoms with Crippen LogP contribution in [0.5, 0.6) is 0 Å². The van der Waals surface area contributed by atoms with Gasteiger partial charge in [0, 0.05) is 6.20 Å². The number of hydrogen-bond acceptors (Lipinski definition) is 6. The van der Waals surface area contributed by atoms with Crippen molar-refractivity contribution in [1.82, 2.24) is 15.2 Å². The van der Waals surface area contributed by atoms with Gasteiger partial charge in [0.2, 0.25) is 5.91 Å². The van der Waals surface area contributed by atoms with Crippen LogP contribution in [0.2, 0.25) is 0 Å². The molecule has 0 spiro atoms. The fourth-order valence-corrected chi connectivity index (χ4v) is 5.74. The predicted octanol–water partition coefficient (Wildman–Crippen LogP) is 4.04. The summed E-state index contributed by atoms with van der Waals surface area (Å²) in [6.07, 6.45) is 13.5. The summed E-state index contributed by atoms with van der Waals surface area (Å²) < 4.78 is 4.68. The van der Waals surface area contributed by atoms with E-state index in [0.717, 1.165) is 56.3 Å². The van der Waals surface area contributed by atoms with E-state index in [1.807, 2.05) is 0 Å². The molecule has 0 unspecified atom stereocenters. The van der Waals surface area contributed by atoms with Crippen LogP contribution in [0.1, 0.15) is 87.4 Å². The molecule has 1 aromatic rings. The van der Waals surface area contributed by atoms with Crippen molar-refractivity contribution in [1.29, 1.82) is 0 Å². The lowest BCUT2D eigenvalue weighted by molar-refractivity contribution is -0.134. The lowest BCUT2D eigenvalue weighted by atomic mass is 9.83. The Kier molecular flexibility index (Phi) is 8.36. The number of esters is 1. The summed E-state index contributed by atoms with van der Waals surface area (Å²) in [6, 6.07) is 1.08. The minimum Gasteiger partial charge on any atom is -0.465 e. The first-order chi connectivity index (χ1) is 17.0. The molecule has 2 saturated carbocycles. The molecule has 0 aromatic carbocycles. The molecule has 190 valence electrons. The fourth-order valence-electron chi connectivity index (χ4n) is 5.74. The Hall–Kier alpha value is -2.97. The highest BCUT2D eigenvalue weighted by Gasteiger charge is 2.46. The van der Waals surface area contributed by atoms with Gasteiger partial charge in [0.05, 0.1) is 12.7 Å². The lowest BCUT2D eigenvalue weighted by Crippen LogP contribution is -2.49. The summed E-state index contributed by atoms with van der Waals surface area (Å²) in [5, 5.41) is 5.61. The van der Waals surface area contributed by atoms with Crippen LogP contribution in [0, 0.1) is 11.8 Å². The molecular weight excluding hydrogens is 448 g/mol. The van der Waals surface area contributed by atoms with E-state index >= 15 is 0 Å². The van der Waals surface area contributed by atoms with E-state index in [-0.39, 0.29) is 23.2 Å². The molecule has 0 bridgehead atoms. The van der Waals surface area contributed by atoms with Crippen molar-refractivity contribution in [2.45, 2.75) is 89.1 Å². The summed E-state index contributed by atoms with van der Waals surface area (Å²) in [7, 11) is 1.29. The van der Waals surface area contributed by atoms with Gasteiger partial charge in [-0.05, 0) is 36.8 Å². The van der Waals surface area contributed by atoms with E-state index in [0.29, 0.717) is 18.8 Å². The molecule has 2 heterocycles. The highest BCUT2D eigenvalue weighted by atomic mass is 16.5. The molecule has 1 saturated heterocycles. The zero-order valence-corrected chi connectivity index (χ0v) is 20.5. The molecule has 35 heavy (non-hydrogen) atoms. The third kappa shape index (κ3) is 6.18. The molecule has 2 N–H and O–H groups in total. The minimum atomic E-state index is -0.899. The first-order valence-corrected chi connectivity index (χ1v) is 12.9. The van der Waals surface area contributed by atoms with E-state index in [9.17, 15) is 19.2 Å². The van der Waals surface area contributed by atoms with Crippen molar-refractivity contribution in [2.75, 3.05) is 12.4 Å². The van der Waals surface area contributed by atoms with E-state index in [1.165, 1.54) is 38.3 Å². The number of nitrogens with zero attached hydrogens (tertiary/aromatic N) is 2. The van der Waals surface area contributed by atoms with Crippen LogP contribution in [0.3, 0.4) is 0 Å². The van der Waals surface area contributed by atoms with Gasteiger partial charge in [-0.2, -0.15) is 0 Å². The van der Waals surface area contributed by atoms with Crippen LogP contribution in [-0.4, -0.2) is 52.9 Å². The number of rotatable bonds is 8. The molecule has 1 aliphatic heterocycles. The van der Waals surface area contributed by atoms with Crippen LogP contribution in [0.25, 0.3) is 0 Å². The lowest BCUT2D eigenvalue weighted by Gasteiger charge is -2.30. The Balaban J connectivity index is 1.49. The van der Waals surface area contributed by atoms with Crippen molar-refractivity contribution in [2.24, 2.45) is 11.8 Å². The molecule has 9 heteroatoms. The SMILES string of the molecule is COC(=O)c1ccc(NC(=O)[C@H](CC2CCCCC2)N2C(=O)N[C@@H](CC3CCCCC3)C2=O)nc1. The normalized spacial score (nSPS) is 22.5.